The number of hydrogen-bond donors (Lipinski definition) is 1. The molecule has 1 atom stereocenters. The van der Waals surface area contributed by atoms with Crippen molar-refractivity contribution in [3.05, 3.63) is 24.3 Å². The molecular formula is C18H26N2O2. The highest BCUT2D eigenvalue weighted by Crippen LogP contribution is 2.39. The Balaban J connectivity index is 2.07. The second kappa shape index (κ2) is 5.92. The molecule has 1 heterocycles. The van der Waals surface area contributed by atoms with E-state index in [1.54, 1.807) is 0 Å². The Labute approximate surface area is 132 Å². The Bertz CT molecular complexity index is 550. The van der Waals surface area contributed by atoms with E-state index in [1.807, 2.05) is 50.1 Å². The van der Waals surface area contributed by atoms with E-state index in [0.717, 1.165) is 24.3 Å². The maximum atomic E-state index is 13.2. The molecule has 3 rings (SSSR count). The van der Waals surface area contributed by atoms with Crippen LogP contribution in [0.25, 0.3) is 0 Å². The highest BCUT2D eigenvalue weighted by Gasteiger charge is 2.44. The molecule has 1 aromatic carbocycles. The highest BCUT2D eigenvalue weighted by molar-refractivity contribution is 6.00. The Morgan fingerprint density at radius 2 is 1.86 bits per heavy atom. The first-order valence-corrected chi connectivity index (χ1v) is 8.33. The molecule has 1 N–H and O–H groups in total. The second-order valence-electron chi connectivity index (χ2n) is 6.89. The molecule has 4 heteroatoms. The molecule has 1 unspecified atom stereocenters. The van der Waals surface area contributed by atoms with Crippen LogP contribution < -0.4 is 15.0 Å². The van der Waals surface area contributed by atoms with Gasteiger partial charge in [0.1, 0.15) is 17.4 Å². The summed E-state index contributed by atoms with van der Waals surface area (Å²) in [6, 6.07) is 7.88. The van der Waals surface area contributed by atoms with Crippen LogP contribution in [-0.2, 0) is 4.79 Å². The van der Waals surface area contributed by atoms with Gasteiger partial charge in [-0.1, -0.05) is 31.4 Å². The van der Waals surface area contributed by atoms with Gasteiger partial charge in [-0.05, 0) is 45.9 Å². The number of carbonyl (C=O) groups excluding carboxylic acids is 1. The molecule has 2 aliphatic rings. The van der Waals surface area contributed by atoms with E-state index in [9.17, 15) is 4.79 Å². The van der Waals surface area contributed by atoms with E-state index in [-0.39, 0.29) is 18.0 Å². The van der Waals surface area contributed by atoms with Crippen LogP contribution in [0.3, 0.4) is 0 Å². The SMILES string of the molecule is CNC1C(=O)N(C2CCCCC2)c2ccccc2OC1(C)C. The van der Waals surface area contributed by atoms with Gasteiger partial charge in [0.15, 0.2) is 0 Å². The number of ether oxygens (including phenoxy) is 1. The van der Waals surface area contributed by atoms with Gasteiger partial charge in [-0.3, -0.25) is 4.79 Å². The van der Waals surface area contributed by atoms with Gasteiger partial charge in [0.25, 0.3) is 0 Å². The van der Waals surface area contributed by atoms with Gasteiger partial charge in [0, 0.05) is 6.04 Å². The van der Waals surface area contributed by atoms with Crippen LogP contribution in [0.4, 0.5) is 5.69 Å². The Morgan fingerprint density at radius 3 is 2.55 bits per heavy atom. The molecule has 1 saturated carbocycles. The lowest BCUT2D eigenvalue weighted by atomic mass is 9.91. The van der Waals surface area contributed by atoms with Crippen molar-refractivity contribution in [3.63, 3.8) is 0 Å². The van der Waals surface area contributed by atoms with E-state index in [2.05, 4.69) is 5.32 Å². The molecule has 0 spiro atoms. The fourth-order valence-electron chi connectivity index (χ4n) is 3.83. The number of fused-ring (bicyclic) bond motifs is 1. The fourth-order valence-corrected chi connectivity index (χ4v) is 3.83. The average Bonchev–Trinajstić information content (AvgIpc) is 2.58. The number of benzene rings is 1. The van der Waals surface area contributed by atoms with Gasteiger partial charge >= 0.3 is 0 Å². The molecule has 0 bridgehead atoms. The number of rotatable bonds is 2. The van der Waals surface area contributed by atoms with Crippen LogP contribution in [0.1, 0.15) is 46.0 Å². The van der Waals surface area contributed by atoms with Crippen LogP contribution in [0, 0.1) is 0 Å². The zero-order chi connectivity index (χ0) is 15.7. The molecule has 22 heavy (non-hydrogen) atoms. The monoisotopic (exact) mass is 302 g/mol. The first kappa shape index (κ1) is 15.3. The van der Waals surface area contributed by atoms with E-state index >= 15 is 0 Å². The van der Waals surface area contributed by atoms with Gasteiger partial charge in [-0.15, -0.1) is 0 Å². The van der Waals surface area contributed by atoms with Crippen LogP contribution in [0.15, 0.2) is 24.3 Å². The normalized spacial score (nSPS) is 25.3. The Morgan fingerprint density at radius 1 is 1.18 bits per heavy atom. The summed E-state index contributed by atoms with van der Waals surface area (Å²) >= 11 is 0. The van der Waals surface area contributed by atoms with Crippen LogP contribution in [-0.4, -0.2) is 30.6 Å². The molecule has 0 radical (unpaired) electrons. The van der Waals surface area contributed by atoms with Crippen molar-refractivity contribution in [2.45, 2.75) is 63.6 Å². The van der Waals surface area contributed by atoms with Crippen molar-refractivity contribution in [1.29, 1.82) is 0 Å². The largest absolute Gasteiger partial charge is 0.483 e. The van der Waals surface area contributed by atoms with Crippen molar-refractivity contribution in [2.75, 3.05) is 11.9 Å². The number of para-hydroxylation sites is 2. The van der Waals surface area contributed by atoms with Gasteiger partial charge < -0.3 is 15.0 Å². The third kappa shape index (κ3) is 2.60. The van der Waals surface area contributed by atoms with E-state index in [4.69, 9.17) is 4.74 Å². The lowest BCUT2D eigenvalue weighted by molar-refractivity contribution is -0.124. The topological polar surface area (TPSA) is 41.6 Å². The standard InChI is InChI=1S/C18H26N2O2/c1-18(2)16(19-3)17(21)20(13-9-5-4-6-10-13)14-11-7-8-12-15(14)22-18/h7-8,11-13,16,19H,4-6,9-10H2,1-3H3. The molecule has 120 valence electrons. The van der Waals surface area contributed by atoms with Gasteiger partial charge in [0.05, 0.1) is 5.69 Å². The molecule has 1 aliphatic heterocycles. The Kier molecular flexibility index (Phi) is 4.13. The van der Waals surface area contributed by atoms with Crippen LogP contribution in [0.5, 0.6) is 5.75 Å². The van der Waals surface area contributed by atoms with E-state index < -0.39 is 5.60 Å². The molecular weight excluding hydrogens is 276 g/mol. The molecule has 1 amide bonds. The Hall–Kier alpha value is -1.55. The van der Waals surface area contributed by atoms with Crippen molar-refractivity contribution >= 4 is 11.6 Å². The number of hydrogen-bond acceptors (Lipinski definition) is 3. The number of amides is 1. The van der Waals surface area contributed by atoms with Crippen LogP contribution >= 0.6 is 0 Å². The van der Waals surface area contributed by atoms with Gasteiger partial charge in [0.2, 0.25) is 5.91 Å². The number of nitrogens with one attached hydrogen (secondary N) is 1. The lowest BCUT2D eigenvalue weighted by Gasteiger charge is -2.36. The molecule has 1 aromatic rings. The van der Waals surface area contributed by atoms with E-state index in [1.165, 1.54) is 19.3 Å². The summed E-state index contributed by atoms with van der Waals surface area (Å²) in [5, 5.41) is 3.17. The smallest absolute Gasteiger partial charge is 0.248 e. The maximum absolute atomic E-state index is 13.2. The van der Waals surface area contributed by atoms with E-state index in [0.29, 0.717) is 0 Å². The van der Waals surface area contributed by atoms with Crippen molar-refractivity contribution in [1.82, 2.24) is 5.32 Å². The molecule has 1 aliphatic carbocycles. The van der Waals surface area contributed by atoms with Crippen molar-refractivity contribution in [2.24, 2.45) is 0 Å². The fraction of sp³-hybridized carbons (Fsp3) is 0.611. The summed E-state index contributed by atoms with van der Waals surface area (Å²) in [6.45, 7) is 3.96. The quantitative estimate of drug-likeness (QED) is 0.912. The molecule has 1 fully saturated rings. The summed E-state index contributed by atoms with van der Waals surface area (Å²) in [6.07, 6.45) is 5.83. The summed E-state index contributed by atoms with van der Waals surface area (Å²) < 4.78 is 6.21. The molecule has 0 aromatic heterocycles. The number of anilines is 1. The maximum Gasteiger partial charge on any atom is 0.248 e. The summed E-state index contributed by atoms with van der Waals surface area (Å²) in [4.78, 5) is 15.2. The average molecular weight is 302 g/mol. The number of nitrogens with zero attached hydrogens (tertiary/aromatic N) is 1. The third-order valence-electron chi connectivity index (χ3n) is 4.91. The number of carbonyl (C=O) groups is 1. The first-order valence-electron chi connectivity index (χ1n) is 8.33. The molecule has 0 saturated heterocycles. The van der Waals surface area contributed by atoms with Gasteiger partial charge in [-0.2, -0.15) is 0 Å². The molecule has 4 nitrogen and oxygen atoms in total. The van der Waals surface area contributed by atoms with Crippen molar-refractivity contribution in [3.8, 4) is 5.75 Å². The summed E-state index contributed by atoms with van der Waals surface area (Å²) in [7, 11) is 1.84. The zero-order valence-corrected chi connectivity index (χ0v) is 13.8. The van der Waals surface area contributed by atoms with Crippen LogP contribution in [0.2, 0.25) is 0 Å². The van der Waals surface area contributed by atoms with Crippen molar-refractivity contribution < 1.29 is 9.53 Å². The lowest BCUT2D eigenvalue weighted by Crippen LogP contribution is -2.58. The minimum absolute atomic E-state index is 0.129. The second-order valence-corrected chi connectivity index (χ2v) is 6.89. The zero-order valence-electron chi connectivity index (χ0n) is 13.8. The minimum atomic E-state index is -0.578. The first-order chi connectivity index (χ1) is 10.5. The summed E-state index contributed by atoms with van der Waals surface area (Å²) in [5.74, 6) is 0.938. The van der Waals surface area contributed by atoms with Gasteiger partial charge in [-0.25, -0.2) is 0 Å². The predicted molar refractivity (Wildman–Crippen MR) is 88.4 cm³/mol. The minimum Gasteiger partial charge on any atom is -0.483 e. The number of likely N-dealkylation sites (N-methyl/N-ethyl adjacent to an activating group) is 1. The third-order valence-corrected chi connectivity index (χ3v) is 4.91. The summed E-state index contributed by atoms with van der Waals surface area (Å²) in [5.41, 5.74) is 0.343. The highest BCUT2D eigenvalue weighted by atomic mass is 16.5. The predicted octanol–water partition coefficient (Wildman–Crippen LogP) is 3.11.